The van der Waals surface area contributed by atoms with Crippen molar-refractivity contribution in [1.82, 2.24) is 10.2 Å². The second kappa shape index (κ2) is 6.27. The molecule has 1 heterocycles. The second-order valence-electron chi connectivity index (χ2n) is 5.08. The van der Waals surface area contributed by atoms with Gasteiger partial charge in [-0.25, -0.2) is 0 Å². The number of nitrogens with one attached hydrogen (secondary N) is 1. The van der Waals surface area contributed by atoms with Gasteiger partial charge in [-0.3, -0.25) is 9.59 Å². The Bertz CT molecular complexity index is 518. The Kier molecular flexibility index (Phi) is 4.65. The van der Waals surface area contributed by atoms with E-state index < -0.39 is 12.1 Å². The van der Waals surface area contributed by atoms with E-state index in [2.05, 4.69) is 5.32 Å². The van der Waals surface area contributed by atoms with Gasteiger partial charge in [0.1, 0.15) is 12.1 Å². The first kappa shape index (κ1) is 14.9. The highest BCUT2D eigenvalue weighted by molar-refractivity contribution is 6.31. The molecule has 2 unspecified atom stereocenters. The lowest BCUT2D eigenvalue weighted by atomic mass is 10.0. The minimum Gasteiger partial charge on any atom is -0.343 e. The van der Waals surface area contributed by atoms with E-state index in [1.807, 2.05) is 25.1 Å². The SMILES string of the molecule is CCCC1NC(=O)C(C)N(Cc2ccccc2Cl)C1=O. The molecule has 108 valence electrons. The molecule has 1 aliphatic heterocycles. The quantitative estimate of drug-likeness (QED) is 0.927. The highest BCUT2D eigenvalue weighted by atomic mass is 35.5. The number of halogens is 1. The van der Waals surface area contributed by atoms with E-state index in [0.717, 1.165) is 12.0 Å². The minimum absolute atomic E-state index is 0.0288. The van der Waals surface area contributed by atoms with Crippen molar-refractivity contribution in [3.8, 4) is 0 Å². The molecule has 0 aromatic heterocycles. The van der Waals surface area contributed by atoms with Crippen LogP contribution in [0.15, 0.2) is 24.3 Å². The molecule has 2 rings (SSSR count). The van der Waals surface area contributed by atoms with Gasteiger partial charge in [-0.05, 0) is 25.0 Å². The zero-order valence-corrected chi connectivity index (χ0v) is 12.5. The Hall–Kier alpha value is -1.55. The van der Waals surface area contributed by atoms with Gasteiger partial charge in [-0.2, -0.15) is 0 Å². The first-order valence-electron chi connectivity index (χ1n) is 6.88. The van der Waals surface area contributed by atoms with E-state index in [0.29, 0.717) is 18.0 Å². The summed E-state index contributed by atoms with van der Waals surface area (Å²) in [4.78, 5) is 26.0. The maximum atomic E-state index is 12.5. The first-order valence-corrected chi connectivity index (χ1v) is 7.26. The molecular weight excluding hydrogens is 276 g/mol. The van der Waals surface area contributed by atoms with Gasteiger partial charge in [0.25, 0.3) is 0 Å². The summed E-state index contributed by atoms with van der Waals surface area (Å²) in [6.07, 6.45) is 1.52. The number of benzene rings is 1. The molecule has 0 radical (unpaired) electrons. The van der Waals surface area contributed by atoms with Crippen LogP contribution in [0, 0.1) is 0 Å². The van der Waals surface area contributed by atoms with Crippen LogP contribution in [0.2, 0.25) is 5.02 Å². The van der Waals surface area contributed by atoms with Crippen molar-refractivity contribution in [1.29, 1.82) is 0 Å². The van der Waals surface area contributed by atoms with Crippen molar-refractivity contribution in [3.05, 3.63) is 34.9 Å². The van der Waals surface area contributed by atoms with Crippen molar-refractivity contribution in [2.75, 3.05) is 0 Å². The molecule has 1 saturated heterocycles. The zero-order valence-electron chi connectivity index (χ0n) is 11.7. The molecule has 1 aliphatic rings. The maximum Gasteiger partial charge on any atom is 0.246 e. The van der Waals surface area contributed by atoms with Gasteiger partial charge in [0, 0.05) is 11.6 Å². The second-order valence-corrected chi connectivity index (χ2v) is 5.49. The Morgan fingerprint density at radius 1 is 1.30 bits per heavy atom. The largest absolute Gasteiger partial charge is 0.343 e. The highest BCUT2D eigenvalue weighted by Gasteiger charge is 2.37. The predicted octanol–water partition coefficient (Wildman–Crippen LogP) is 2.36. The monoisotopic (exact) mass is 294 g/mol. The number of hydrogen-bond acceptors (Lipinski definition) is 2. The van der Waals surface area contributed by atoms with E-state index in [1.165, 1.54) is 0 Å². The number of rotatable bonds is 4. The molecule has 5 heteroatoms. The number of nitrogens with zero attached hydrogens (tertiary/aromatic N) is 1. The minimum atomic E-state index is -0.466. The standard InChI is InChI=1S/C15H19ClN2O2/c1-3-6-13-15(20)18(10(2)14(19)17-13)9-11-7-4-5-8-12(11)16/h4-5,7-8,10,13H,3,6,9H2,1-2H3,(H,17,19). The molecule has 0 spiro atoms. The fourth-order valence-electron chi connectivity index (χ4n) is 2.40. The van der Waals surface area contributed by atoms with Crippen molar-refractivity contribution < 1.29 is 9.59 Å². The van der Waals surface area contributed by atoms with E-state index in [9.17, 15) is 9.59 Å². The van der Waals surface area contributed by atoms with Crippen LogP contribution in [-0.4, -0.2) is 28.8 Å². The average Bonchev–Trinajstić information content (AvgIpc) is 2.43. The molecular formula is C15H19ClN2O2. The van der Waals surface area contributed by atoms with E-state index >= 15 is 0 Å². The maximum absolute atomic E-state index is 12.5. The van der Waals surface area contributed by atoms with Crippen LogP contribution in [0.5, 0.6) is 0 Å². The van der Waals surface area contributed by atoms with Gasteiger partial charge in [0.05, 0.1) is 0 Å². The fourth-order valence-corrected chi connectivity index (χ4v) is 2.59. The fraction of sp³-hybridized carbons (Fsp3) is 0.467. The number of hydrogen-bond donors (Lipinski definition) is 1. The van der Waals surface area contributed by atoms with Gasteiger partial charge in [0.2, 0.25) is 11.8 Å². The molecule has 1 aromatic carbocycles. The third-order valence-electron chi connectivity index (χ3n) is 3.62. The molecule has 20 heavy (non-hydrogen) atoms. The summed E-state index contributed by atoms with van der Waals surface area (Å²) in [5, 5.41) is 3.40. The highest BCUT2D eigenvalue weighted by Crippen LogP contribution is 2.21. The zero-order chi connectivity index (χ0) is 14.7. The van der Waals surface area contributed by atoms with Crippen LogP contribution in [0.1, 0.15) is 32.3 Å². The lowest BCUT2D eigenvalue weighted by molar-refractivity contribution is -0.149. The van der Waals surface area contributed by atoms with Crippen molar-refractivity contribution in [2.45, 2.75) is 45.3 Å². The lowest BCUT2D eigenvalue weighted by Gasteiger charge is -2.37. The molecule has 0 bridgehead atoms. The summed E-state index contributed by atoms with van der Waals surface area (Å²) < 4.78 is 0. The smallest absolute Gasteiger partial charge is 0.246 e. The van der Waals surface area contributed by atoms with E-state index in [-0.39, 0.29) is 11.8 Å². The van der Waals surface area contributed by atoms with Crippen molar-refractivity contribution in [3.63, 3.8) is 0 Å². The predicted molar refractivity (Wildman–Crippen MR) is 78.3 cm³/mol. The van der Waals surface area contributed by atoms with Crippen molar-refractivity contribution >= 4 is 23.4 Å². The summed E-state index contributed by atoms with van der Waals surface area (Å²) in [7, 11) is 0. The molecule has 0 saturated carbocycles. The van der Waals surface area contributed by atoms with Gasteiger partial charge < -0.3 is 10.2 Å². The summed E-state index contributed by atoms with van der Waals surface area (Å²) in [6.45, 7) is 4.11. The van der Waals surface area contributed by atoms with Gasteiger partial charge in [0.15, 0.2) is 0 Å². The van der Waals surface area contributed by atoms with Crippen LogP contribution < -0.4 is 5.32 Å². The van der Waals surface area contributed by atoms with Crippen LogP contribution in [0.3, 0.4) is 0 Å². The van der Waals surface area contributed by atoms with Gasteiger partial charge in [-0.1, -0.05) is 43.1 Å². The normalized spacial score (nSPS) is 22.9. The number of amides is 2. The number of carbonyl (C=O) groups is 2. The average molecular weight is 295 g/mol. The van der Waals surface area contributed by atoms with Crippen LogP contribution in [0.4, 0.5) is 0 Å². The number of carbonyl (C=O) groups excluding carboxylic acids is 2. The topological polar surface area (TPSA) is 49.4 Å². The molecule has 1 aromatic rings. The third kappa shape index (κ3) is 2.96. The lowest BCUT2D eigenvalue weighted by Crippen LogP contribution is -2.61. The summed E-state index contributed by atoms with van der Waals surface area (Å²) in [6, 6.07) is 6.52. The summed E-state index contributed by atoms with van der Waals surface area (Å²) in [5.74, 6) is -0.131. The molecule has 2 amide bonds. The molecule has 4 nitrogen and oxygen atoms in total. The Balaban J connectivity index is 2.21. The van der Waals surface area contributed by atoms with Crippen LogP contribution in [-0.2, 0) is 16.1 Å². The number of piperazine rings is 1. The Morgan fingerprint density at radius 3 is 2.65 bits per heavy atom. The van der Waals surface area contributed by atoms with E-state index in [4.69, 9.17) is 11.6 Å². The Labute approximate surface area is 124 Å². The molecule has 1 N–H and O–H groups in total. The van der Waals surface area contributed by atoms with Gasteiger partial charge in [-0.15, -0.1) is 0 Å². The third-order valence-corrected chi connectivity index (χ3v) is 3.99. The molecule has 2 atom stereocenters. The Morgan fingerprint density at radius 2 is 2.00 bits per heavy atom. The molecule has 1 fully saturated rings. The summed E-state index contributed by atoms with van der Waals surface area (Å²) >= 11 is 6.13. The molecule has 0 aliphatic carbocycles. The van der Waals surface area contributed by atoms with Gasteiger partial charge >= 0.3 is 0 Å². The first-order chi connectivity index (χ1) is 9.54. The van der Waals surface area contributed by atoms with Crippen LogP contribution in [0.25, 0.3) is 0 Å². The van der Waals surface area contributed by atoms with Crippen LogP contribution >= 0.6 is 11.6 Å². The van der Waals surface area contributed by atoms with E-state index in [1.54, 1.807) is 17.9 Å². The van der Waals surface area contributed by atoms with Crippen molar-refractivity contribution in [2.24, 2.45) is 0 Å². The summed E-state index contributed by atoms with van der Waals surface area (Å²) in [5.41, 5.74) is 0.860.